The summed E-state index contributed by atoms with van der Waals surface area (Å²) in [6.07, 6.45) is 0. The first-order valence-electron chi connectivity index (χ1n) is 6.99. The van der Waals surface area contributed by atoms with E-state index in [1.54, 1.807) is 11.3 Å². The van der Waals surface area contributed by atoms with Crippen LogP contribution >= 0.6 is 11.3 Å². The molecule has 1 aromatic heterocycles. The number of benzene rings is 1. The van der Waals surface area contributed by atoms with Crippen LogP contribution in [0.15, 0.2) is 24.3 Å². The van der Waals surface area contributed by atoms with Crippen molar-refractivity contribution in [2.75, 3.05) is 0 Å². The maximum atomic E-state index is 6.13. The van der Waals surface area contributed by atoms with Gasteiger partial charge in [0.1, 0.15) is 16.4 Å². The number of hydrogen-bond donors (Lipinski definition) is 1. The molecule has 2 heterocycles. The molecule has 0 fully saturated rings. The van der Waals surface area contributed by atoms with Crippen LogP contribution in [-0.4, -0.2) is 11.0 Å². The number of aromatic nitrogens is 1. The predicted molar refractivity (Wildman–Crippen MR) is 83.2 cm³/mol. The second kappa shape index (κ2) is 4.86. The van der Waals surface area contributed by atoms with Gasteiger partial charge in [0.15, 0.2) is 0 Å². The number of para-hydroxylation sites is 1. The summed E-state index contributed by atoms with van der Waals surface area (Å²) in [4.78, 5) is 6.05. The average Bonchev–Trinajstić information content (AvgIpc) is 2.81. The molecule has 1 N–H and O–H groups in total. The van der Waals surface area contributed by atoms with Gasteiger partial charge in [-0.3, -0.25) is 0 Å². The van der Waals surface area contributed by atoms with Gasteiger partial charge in [-0.25, -0.2) is 4.98 Å². The molecule has 0 atom stereocenters. The zero-order chi connectivity index (χ0) is 14.3. The molecule has 0 amide bonds. The van der Waals surface area contributed by atoms with E-state index in [-0.39, 0.29) is 5.60 Å². The molecule has 0 unspecified atom stereocenters. The Hall–Kier alpha value is -1.39. The Bertz CT molecular complexity index is 631. The van der Waals surface area contributed by atoms with Gasteiger partial charge in [0.2, 0.25) is 0 Å². The van der Waals surface area contributed by atoms with Gasteiger partial charge >= 0.3 is 0 Å². The van der Waals surface area contributed by atoms with Crippen molar-refractivity contribution in [1.82, 2.24) is 10.3 Å². The van der Waals surface area contributed by atoms with Crippen molar-refractivity contribution < 1.29 is 4.74 Å². The molecule has 1 aliphatic heterocycles. The van der Waals surface area contributed by atoms with Gasteiger partial charge in [-0.2, -0.15) is 0 Å². The molecule has 3 nitrogen and oxygen atoms in total. The maximum Gasteiger partial charge on any atom is 0.140 e. The zero-order valence-electron chi connectivity index (χ0n) is 12.4. The molecule has 4 heteroatoms. The van der Waals surface area contributed by atoms with Gasteiger partial charge in [-0.15, -0.1) is 11.3 Å². The summed E-state index contributed by atoms with van der Waals surface area (Å²) < 4.78 is 6.13. The molecule has 1 aromatic carbocycles. The van der Waals surface area contributed by atoms with E-state index in [9.17, 15) is 0 Å². The van der Waals surface area contributed by atoms with Crippen LogP contribution in [0, 0.1) is 0 Å². The van der Waals surface area contributed by atoms with Crippen molar-refractivity contribution in [2.24, 2.45) is 0 Å². The van der Waals surface area contributed by atoms with Crippen molar-refractivity contribution in [3.63, 3.8) is 0 Å². The highest BCUT2D eigenvalue weighted by atomic mass is 32.1. The highest BCUT2D eigenvalue weighted by Gasteiger charge is 2.35. The molecular weight excluding hydrogens is 268 g/mol. The van der Waals surface area contributed by atoms with E-state index < -0.39 is 0 Å². The van der Waals surface area contributed by atoms with E-state index >= 15 is 0 Å². The van der Waals surface area contributed by atoms with Crippen LogP contribution in [0.4, 0.5) is 0 Å². The number of nitrogens with one attached hydrogen (secondary N) is 1. The van der Waals surface area contributed by atoms with Gasteiger partial charge in [0.25, 0.3) is 0 Å². The lowest BCUT2D eigenvalue weighted by Crippen LogP contribution is -2.27. The minimum Gasteiger partial charge on any atom is -0.482 e. The molecule has 2 aromatic rings. The monoisotopic (exact) mass is 288 g/mol. The van der Waals surface area contributed by atoms with Crippen LogP contribution in [0.3, 0.4) is 0 Å². The highest BCUT2D eigenvalue weighted by Crippen LogP contribution is 2.46. The third-order valence-electron chi connectivity index (χ3n) is 3.39. The Kier molecular flexibility index (Phi) is 3.30. The molecule has 0 saturated heterocycles. The molecule has 0 saturated carbocycles. The summed E-state index contributed by atoms with van der Waals surface area (Å²) in [6, 6.07) is 8.62. The lowest BCUT2D eigenvalue weighted by Gasteiger charge is -2.31. The summed E-state index contributed by atoms with van der Waals surface area (Å²) in [5, 5.41) is 4.55. The zero-order valence-corrected chi connectivity index (χ0v) is 13.2. The van der Waals surface area contributed by atoms with Crippen molar-refractivity contribution >= 4 is 11.3 Å². The minimum absolute atomic E-state index is 0.308. The van der Waals surface area contributed by atoms with Crippen molar-refractivity contribution in [3.8, 4) is 17.0 Å². The first kappa shape index (κ1) is 13.6. The lowest BCUT2D eigenvalue weighted by molar-refractivity contribution is 0.109. The molecule has 1 aliphatic rings. The Balaban J connectivity index is 2.03. The molecule has 0 radical (unpaired) electrons. The number of ether oxygens (including phenoxy) is 1. The molecule has 0 aliphatic carbocycles. The molecular formula is C16H20N2OS. The van der Waals surface area contributed by atoms with E-state index in [1.807, 2.05) is 18.2 Å². The predicted octanol–water partition coefficient (Wildman–Crippen LogP) is 3.94. The van der Waals surface area contributed by atoms with Crippen LogP contribution in [0.5, 0.6) is 5.75 Å². The first-order chi connectivity index (χ1) is 9.47. The first-order valence-corrected chi connectivity index (χ1v) is 7.81. The van der Waals surface area contributed by atoms with Gasteiger partial charge in [0.05, 0.1) is 10.6 Å². The topological polar surface area (TPSA) is 34.2 Å². The average molecular weight is 288 g/mol. The second-order valence-corrected chi connectivity index (χ2v) is 7.01. The van der Waals surface area contributed by atoms with E-state index in [0.717, 1.165) is 28.6 Å². The summed E-state index contributed by atoms with van der Waals surface area (Å²) >= 11 is 1.75. The Labute approximate surface area is 124 Å². The fourth-order valence-corrected chi connectivity index (χ4v) is 3.46. The standard InChI is InChI=1S/C16H20N2OS/c1-10(2)17-9-13-18-14-11-7-5-6-8-12(11)19-16(3,4)15(14)20-13/h5-8,10,17H,9H2,1-4H3. The van der Waals surface area contributed by atoms with Crippen LogP contribution in [-0.2, 0) is 12.1 Å². The van der Waals surface area contributed by atoms with Gasteiger partial charge in [-0.05, 0) is 26.0 Å². The van der Waals surface area contributed by atoms with E-state index in [1.165, 1.54) is 4.88 Å². The van der Waals surface area contributed by atoms with Crippen LogP contribution in [0.25, 0.3) is 11.3 Å². The van der Waals surface area contributed by atoms with Crippen molar-refractivity contribution in [2.45, 2.75) is 45.9 Å². The molecule has 0 bridgehead atoms. The maximum absolute atomic E-state index is 6.13. The highest BCUT2D eigenvalue weighted by molar-refractivity contribution is 7.12. The summed E-state index contributed by atoms with van der Waals surface area (Å²) in [7, 11) is 0. The third-order valence-corrected chi connectivity index (χ3v) is 4.75. The third kappa shape index (κ3) is 2.34. The number of nitrogens with zero attached hydrogens (tertiary/aromatic N) is 1. The largest absolute Gasteiger partial charge is 0.482 e. The number of hydrogen-bond acceptors (Lipinski definition) is 4. The normalized spacial score (nSPS) is 15.7. The molecule has 106 valence electrons. The van der Waals surface area contributed by atoms with Gasteiger partial charge < -0.3 is 10.1 Å². The van der Waals surface area contributed by atoms with Crippen LogP contribution in [0.1, 0.15) is 37.6 Å². The fraction of sp³-hybridized carbons (Fsp3) is 0.438. The lowest BCUT2D eigenvalue weighted by atomic mass is 9.97. The SMILES string of the molecule is CC(C)NCc1nc2c(s1)C(C)(C)Oc1ccccc1-2. The quantitative estimate of drug-likeness (QED) is 0.929. The van der Waals surface area contributed by atoms with Gasteiger partial charge in [-0.1, -0.05) is 26.0 Å². The Morgan fingerprint density at radius 2 is 2.05 bits per heavy atom. The minimum atomic E-state index is -0.308. The Morgan fingerprint density at radius 3 is 2.80 bits per heavy atom. The summed E-state index contributed by atoms with van der Waals surface area (Å²) in [5.74, 6) is 0.929. The Morgan fingerprint density at radius 1 is 1.30 bits per heavy atom. The van der Waals surface area contributed by atoms with E-state index in [2.05, 4.69) is 39.1 Å². The molecule has 20 heavy (non-hydrogen) atoms. The van der Waals surface area contributed by atoms with Gasteiger partial charge in [0, 0.05) is 18.2 Å². The van der Waals surface area contributed by atoms with Crippen LogP contribution in [0.2, 0.25) is 0 Å². The number of rotatable bonds is 3. The number of thiazole rings is 1. The van der Waals surface area contributed by atoms with Crippen molar-refractivity contribution in [1.29, 1.82) is 0 Å². The smallest absolute Gasteiger partial charge is 0.140 e. The summed E-state index contributed by atoms with van der Waals surface area (Å²) in [6.45, 7) is 9.33. The number of fused-ring (bicyclic) bond motifs is 3. The van der Waals surface area contributed by atoms with Crippen LogP contribution < -0.4 is 10.1 Å². The summed E-state index contributed by atoms with van der Waals surface area (Å²) in [5.41, 5.74) is 1.88. The van der Waals surface area contributed by atoms with E-state index in [0.29, 0.717) is 6.04 Å². The molecule has 0 spiro atoms. The second-order valence-electron chi connectivity index (χ2n) is 5.93. The van der Waals surface area contributed by atoms with E-state index in [4.69, 9.17) is 9.72 Å². The molecule has 3 rings (SSSR count). The fourth-order valence-electron chi connectivity index (χ4n) is 2.39. The van der Waals surface area contributed by atoms with Crippen molar-refractivity contribution in [3.05, 3.63) is 34.2 Å².